The minimum atomic E-state index is -4.36. The number of carbonyl (C=O) groups is 2. The minimum absolute atomic E-state index is 0.0224. The van der Waals surface area contributed by atoms with Gasteiger partial charge in [0.1, 0.15) is 29.9 Å². The molecule has 11 heteroatoms. The van der Waals surface area contributed by atoms with E-state index in [-0.39, 0.29) is 23.5 Å². The van der Waals surface area contributed by atoms with Crippen LogP contribution in [0.4, 0.5) is 10.1 Å². The lowest BCUT2D eigenvalue weighted by molar-refractivity contribution is -0.140. The van der Waals surface area contributed by atoms with E-state index in [1.807, 2.05) is 58.0 Å². The van der Waals surface area contributed by atoms with E-state index in [0.717, 1.165) is 22.0 Å². The number of hydrogen-bond donors (Lipinski definition) is 1. The Morgan fingerprint density at radius 1 is 0.854 bits per heavy atom. The molecular weight excluding hydrogens is 633 g/mol. The number of nitrogens with one attached hydrogen (secondary N) is 1. The fourth-order valence-corrected chi connectivity index (χ4v) is 6.53. The second-order valence-electron chi connectivity index (χ2n) is 12.2. The fourth-order valence-electron chi connectivity index (χ4n) is 5.11. The molecule has 0 spiro atoms. The second-order valence-corrected chi connectivity index (χ2v) is 14.1. The lowest BCUT2D eigenvalue weighted by atomic mass is 10.0. The molecule has 0 heterocycles. The van der Waals surface area contributed by atoms with Crippen molar-refractivity contribution < 1.29 is 31.9 Å². The molecule has 0 fully saturated rings. The minimum Gasteiger partial charge on any atom is -0.497 e. The molecule has 0 aliphatic heterocycles. The third-order valence-electron chi connectivity index (χ3n) is 7.37. The lowest BCUT2D eigenvalue weighted by Gasteiger charge is -2.35. The molecule has 4 aromatic carbocycles. The van der Waals surface area contributed by atoms with Crippen molar-refractivity contribution in [1.29, 1.82) is 0 Å². The maximum Gasteiger partial charge on any atom is 0.264 e. The van der Waals surface area contributed by atoms with Crippen molar-refractivity contribution in [2.45, 2.75) is 57.1 Å². The molecule has 0 saturated heterocycles. The Morgan fingerprint density at radius 3 is 2.10 bits per heavy atom. The van der Waals surface area contributed by atoms with Crippen LogP contribution in [-0.2, 0) is 32.6 Å². The fraction of sp³-hybridized carbons (Fsp3) is 0.297. The highest BCUT2D eigenvalue weighted by atomic mass is 32.2. The summed E-state index contributed by atoms with van der Waals surface area (Å²) in [6.45, 7) is 7.06. The van der Waals surface area contributed by atoms with E-state index in [1.165, 1.54) is 48.4 Å². The molecule has 4 rings (SSSR count). The number of benzene rings is 4. The summed E-state index contributed by atoms with van der Waals surface area (Å²) in [6, 6.07) is 26.1. The Kier molecular flexibility index (Phi) is 11.8. The van der Waals surface area contributed by atoms with Crippen LogP contribution < -0.4 is 19.1 Å². The van der Waals surface area contributed by atoms with Crippen LogP contribution in [0.3, 0.4) is 0 Å². The molecule has 48 heavy (non-hydrogen) atoms. The summed E-state index contributed by atoms with van der Waals surface area (Å²) in [5, 5.41) is 3.00. The molecule has 1 atom stereocenters. The average molecular weight is 676 g/mol. The van der Waals surface area contributed by atoms with E-state index in [4.69, 9.17) is 9.47 Å². The Balaban J connectivity index is 1.81. The van der Waals surface area contributed by atoms with Crippen molar-refractivity contribution in [3.8, 4) is 11.5 Å². The van der Waals surface area contributed by atoms with Gasteiger partial charge in [-0.25, -0.2) is 12.8 Å². The topological polar surface area (TPSA) is 105 Å². The number of anilines is 1. The molecule has 0 aromatic heterocycles. The zero-order valence-corrected chi connectivity index (χ0v) is 28.7. The van der Waals surface area contributed by atoms with Gasteiger partial charge in [-0.1, -0.05) is 42.5 Å². The summed E-state index contributed by atoms with van der Waals surface area (Å²) in [6.07, 6.45) is 0.167. The number of methoxy groups -OCH3 is 1. The molecule has 2 amide bonds. The van der Waals surface area contributed by atoms with Crippen molar-refractivity contribution in [3.63, 3.8) is 0 Å². The van der Waals surface area contributed by atoms with Gasteiger partial charge in [-0.2, -0.15) is 0 Å². The first-order valence-corrected chi connectivity index (χ1v) is 17.0. The third-order valence-corrected chi connectivity index (χ3v) is 9.16. The van der Waals surface area contributed by atoms with Crippen LogP contribution in [0.25, 0.3) is 0 Å². The maximum atomic E-state index is 14.6. The van der Waals surface area contributed by atoms with E-state index in [9.17, 15) is 22.4 Å². The molecule has 4 aromatic rings. The normalized spacial score (nSPS) is 12.1. The zero-order chi connectivity index (χ0) is 34.9. The van der Waals surface area contributed by atoms with Crippen LogP contribution in [-0.4, -0.2) is 57.0 Å². The van der Waals surface area contributed by atoms with Crippen molar-refractivity contribution in [1.82, 2.24) is 10.2 Å². The SMILES string of the molecule is CCOc1ccc(S(=O)(=O)N(CC(=O)N(Cc2cccc(OC)c2)[C@H](Cc2ccccc2)C(=O)NC(C)(C)C)c2ccc(F)cc2)cc1. The molecule has 254 valence electrons. The first-order chi connectivity index (χ1) is 22.8. The molecule has 0 unspecified atom stereocenters. The molecule has 0 aliphatic rings. The number of hydrogen-bond acceptors (Lipinski definition) is 6. The lowest BCUT2D eigenvalue weighted by Crippen LogP contribution is -2.56. The molecule has 1 N–H and O–H groups in total. The van der Waals surface area contributed by atoms with Crippen LogP contribution in [0.2, 0.25) is 0 Å². The molecule has 0 radical (unpaired) electrons. The second kappa shape index (κ2) is 15.8. The van der Waals surface area contributed by atoms with Crippen molar-refractivity contribution in [2.24, 2.45) is 0 Å². The highest BCUT2D eigenvalue weighted by Crippen LogP contribution is 2.27. The monoisotopic (exact) mass is 675 g/mol. The first kappa shape index (κ1) is 35.9. The predicted octanol–water partition coefficient (Wildman–Crippen LogP) is 5.98. The van der Waals surface area contributed by atoms with Gasteiger partial charge in [-0.15, -0.1) is 0 Å². The number of sulfonamides is 1. The van der Waals surface area contributed by atoms with Gasteiger partial charge in [0.25, 0.3) is 10.0 Å². The standard InChI is InChI=1S/C37H42FN3O6S/c1-6-47-31-19-21-33(22-20-31)48(44,45)41(30-17-15-29(38)16-18-30)26-35(42)40(25-28-13-10-14-32(23-28)46-5)34(36(43)39-37(2,3)4)24-27-11-8-7-9-12-27/h7-23,34H,6,24-26H2,1-5H3,(H,39,43)/t34-/m1/s1. The maximum absolute atomic E-state index is 14.6. The van der Waals surface area contributed by atoms with Crippen LogP contribution in [0.5, 0.6) is 11.5 Å². The largest absolute Gasteiger partial charge is 0.497 e. The van der Waals surface area contributed by atoms with Gasteiger partial charge < -0.3 is 19.7 Å². The predicted molar refractivity (Wildman–Crippen MR) is 184 cm³/mol. The number of nitrogens with zero attached hydrogens (tertiary/aromatic N) is 2. The summed E-state index contributed by atoms with van der Waals surface area (Å²) in [7, 11) is -2.83. The smallest absolute Gasteiger partial charge is 0.264 e. The summed E-state index contributed by atoms with van der Waals surface area (Å²) in [5.41, 5.74) is 0.951. The molecule has 0 saturated carbocycles. The van der Waals surface area contributed by atoms with Crippen molar-refractivity contribution >= 4 is 27.5 Å². The molecule has 0 aliphatic carbocycles. The van der Waals surface area contributed by atoms with Crippen LogP contribution in [0.15, 0.2) is 108 Å². The molecule has 0 bridgehead atoms. The molecular formula is C37H42FN3O6S. The van der Waals surface area contributed by atoms with E-state index >= 15 is 0 Å². The van der Waals surface area contributed by atoms with E-state index in [2.05, 4.69) is 5.32 Å². The van der Waals surface area contributed by atoms with Gasteiger partial charge in [0.05, 0.1) is 24.3 Å². The number of rotatable bonds is 14. The van der Waals surface area contributed by atoms with Gasteiger partial charge in [-0.3, -0.25) is 13.9 Å². The number of halogens is 1. The summed E-state index contributed by atoms with van der Waals surface area (Å²) in [5.74, 6) is -0.555. The number of amides is 2. The van der Waals surface area contributed by atoms with Gasteiger partial charge in [-0.05, 0) is 99.5 Å². The summed E-state index contributed by atoms with van der Waals surface area (Å²) in [4.78, 5) is 29.9. The average Bonchev–Trinajstić information content (AvgIpc) is 3.05. The summed E-state index contributed by atoms with van der Waals surface area (Å²) >= 11 is 0. The quantitative estimate of drug-likeness (QED) is 0.176. The highest BCUT2D eigenvalue weighted by Gasteiger charge is 2.35. The Hall–Kier alpha value is -4.90. The van der Waals surface area contributed by atoms with Crippen LogP contribution in [0, 0.1) is 5.82 Å². The Bertz CT molecular complexity index is 1780. The van der Waals surface area contributed by atoms with Gasteiger partial charge in [0, 0.05) is 18.5 Å². The third kappa shape index (κ3) is 9.57. The van der Waals surface area contributed by atoms with Crippen molar-refractivity contribution in [2.75, 3.05) is 24.6 Å². The number of carbonyl (C=O) groups excluding carboxylic acids is 2. The zero-order valence-electron chi connectivity index (χ0n) is 27.9. The van der Waals surface area contributed by atoms with Crippen molar-refractivity contribution in [3.05, 3.63) is 120 Å². The van der Waals surface area contributed by atoms with E-state index < -0.39 is 45.8 Å². The van der Waals surface area contributed by atoms with Gasteiger partial charge in [0.2, 0.25) is 11.8 Å². The number of ether oxygens (including phenoxy) is 2. The van der Waals surface area contributed by atoms with E-state index in [0.29, 0.717) is 23.7 Å². The van der Waals surface area contributed by atoms with Crippen LogP contribution >= 0.6 is 0 Å². The van der Waals surface area contributed by atoms with E-state index in [1.54, 1.807) is 24.3 Å². The highest BCUT2D eigenvalue weighted by molar-refractivity contribution is 7.92. The molecule has 9 nitrogen and oxygen atoms in total. The summed E-state index contributed by atoms with van der Waals surface area (Å²) < 4.78 is 54.2. The Labute approximate surface area is 282 Å². The van der Waals surface area contributed by atoms with Gasteiger partial charge >= 0.3 is 0 Å². The van der Waals surface area contributed by atoms with Crippen LogP contribution in [0.1, 0.15) is 38.8 Å². The van der Waals surface area contributed by atoms with Gasteiger partial charge in [0.15, 0.2) is 0 Å². The first-order valence-electron chi connectivity index (χ1n) is 15.6. The Morgan fingerprint density at radius 2 is 1.50 bits per heavy atom.